The van der Waals surface area contributed by atoms with Gasteiger partial charge in [0.1, 0.15) is 17.3 Å². The van der Waals surface area contributed by atoms with E-state index in [9.17, 15) is 24.1 Å². The highest BCUT2D eigenvalue weighted by Gasteiger charge is 2.20. The molecular weight excluding hydrogens is 457 g/mol. The van der Waals surface area contributed by atoms with E-state index in [0.29, 0.717) is 17.0 Å². The van der Waals surface area contributed by atoms with Crippen molar-refractivity contribution in [2.45, 2.75) is 13.5 Å². The minimum Gasteiger partial charge on any atom is -0.439 e. The van der Waals surface area contributed by atoms with Crippen molar-refractivity contribution in [2.24, 2.45) is 0 Å². The number of carbonyl (C=O) groups excluding carboxylic acids is 1. The molecule has 0 saturated carbocycles. The average molecular weight is 475 g/mol. The molecule has 4 aromatic rings. The largest absolute Gasteiger partial charge is 0.439 e. The van der Waals surface area contributed by atoms with Crippen LogP contribution in [0.25, 0.3) is 5.69 Å². The lowest BCUT2D eigenvalue weighted by atomic mass is 10.2. The molecule has 2 heterocycles. The van der Waals surface area contributed by atoms with Gasteiger partial charge in [0.15, 0.2) is 5.69 Å². The van der Waals surface area contributed by atoms with Crippen molar-refractivity contribution in [3.8, 4) is 17.3 Å². The van der Waals surface area contributed by atoms with Crippen molar-refractivity contribution in [1.82, 2.24) is 20.1 Å². The molecule has 0 bridgehead atoms. The molecule has 35 heavy (non-hydrogen) atoms. The van der Waals surface area contributed by atoms with Gasteiger partial charge in [-0.3, -0.25) is 19.7 Å². The van der Waals surface area contributed by atoms with Gasteiger partial charge in [-0.05, 0) is 42.8 Å². The molecule has 0 unspecified atom stereocenters. The predicted octanol–water partition coefficient (Wildman–Crippen LogP) is 3.71. The van der Waals surface area contributed by atoms with Crippen molar-refractivity contribution in [2.75, 3.05) is 0 Å². The predicted molar refractivity (Wildman–Crippen MR) is 123 cm³/mol. The molecule has 0 fully saturated rings. The molecule has 0 aliphatic rings. The summed E-state index contributed by atoms with van der Waals surface area (Å²) in [6.07, 6.45) is 1.48. The minimum atomic E-state index is -0.742. The fourth-order valence-electron chi connectivity index (χ4n) is 3.21. The number of hydrogen-bond donors (Lipinski definition) is 1. The normalized spacial score (nSPS) is 10.6. The summed E-state index contributed by atoms with van der Waals surface area (Å²) in [6.45, 7) is 1.61. The lowest BCUT2D eigenvalue weighted by Crippen LogP contribution is -2.31. The first-order valence-corrected chi connectivity index (χ1v) is 10.3. The van der Waals surface area contributed by atoms with E-state index in [2.05, 4.69) is 15.4 Å². The average Bonchev–Trinajstić information content (AvgIpc) is 2.85. The number of para-hydroxylation sites is 2. The molecule has 4 rings (SSSR count). The Morgan fingerprint density at radius 2 is 1.89 bits per heavy atom. The van der Waals surface area contributed by atoms with Crippen LogP contribution in [0.4, 0.5) is 10.1 Å². The van der Waals surface area contributed by atoms with Gasteiger partial charge in [-0.1, -0.05) is 18.2 Å². The van der Waals surface area contributed by atoms with E-state index >= 15 is 0 Å². The summed E-state index contributed by atoms with van der Waals surface area (Å²) in [7, 11) is 0. The van der Waals surface area contributed by atoms with Crippen molar-refractivity contribution in [3.63, 3.8) is 0 Å². The summed E-state index contributed by atoms with van der Waals surface area (Å²) in [4.78, 5) is 40.1. The standard InChI is InChI=1S/C24H18FN5O5/c1-15-12-21(31)23(28-29(15)19-4-2-3-5-20(19)30(33)34)24(32)27-14-16-6-11-22(26-13-16)35-18-9-7-17(25)8-10-18/h2-13H,14H2,1H3,(H,27,32). The maximum absolute atomic E-state index is 13.0. The molecule has 0 aliphatic carbocycles. The number of carbonyl (C=O) groups is 1. The molecule has 0 saturated heterocycles. The van der Waals surface area contributed by atoms with Crippen LogP contribution in [0.3, 0.4) is 0 Å². The summed E-state index contributed by atoms with van der Waals surface area (Å²) in [6, 6.07) is 15.8. The molecular formula is C24H18FN5O5. The number of nitro benzene ring substituents is 1. The topological polar surface area (TPSA) is 129 Å². The van der Waals surface area contributed by atoms with Crippen LogP contribution in [-0.2, 0) is 6.54 Å². The smallest absolute Gasteiger partial charge is 0.294 e. The molecule has 176 valence electrons. The van der Waals surface area contributed by atoms with E-state index in [0.717, 1.165) is 0 Å². The van der Waals surface area contributed by atoms with Gasteiger partial charge in [0.2, 0.25) is 11.3 Å². The molecule has 1 N–H and O–H groups in total. The summed E-state index contributed by atoms with van der Waals surface area (Å²) in [5.74, 6) is -0.429. The second kappa shape index (κ2) is 9.91. The van der Waals surface area contributed by atoms with Crippen LogP contribution in [0.5, 0.6) is 11.6 Å². The molecule has 0 radical (unpaired) electrons. The Bertz CT molecular complexity index is 1450. The van der Waals surface area contributed by atoms with E-state index in [-0.39, 0.29) is 29.6 Å². The van der Waals surface area contributed by atoms with Gasteiger partial charge in [0.05, 0.1) is 4.92 Å². The highest BCUT2D eigenvalue weighted by Crippen LogP contribution is 2.22. The summed E-state index contributed by atoms with van der Waals surface area (Å²) >= 11 is 0. The van der Waals surface area contributed by atoms with Crippen LogP contribution in [-0.4, -0.2) is 25.6 Å². The quantitative estimate of drug-likeness (QED) is 0.319. The number of aromatic nitrogens is 3. The zero-order chi connectivity index (χ0) is 24.9. The number of amides is 1. The van der Waals surface area contributed by atoms with Crippen LogP contribution in [0, 0.1) is 22.9 Å². The Balaban J connectivity index is 1.48. The van der Waals surface area contributed by atoms with Crippen LogP contribution < -0.4 is 15.5 Å². The summed E-state index contributed by atoms with van der Waals surface area (Å²) in [5, 5.41) is 18.1. The van der Waals surface area contributed by atoms with Gasteiger partial charge >= 0.3 is 0 Å². The number of benzene rings is 2. The number of pyridine rings is 1. The second-order valence-electron chi connectivity index (χ2n) is 7.40. The minimum absolute atomic E-state index is 0.0448. The molecule has 1 amide bonds. The fraction of sp³-hybridized carbons (Fsp3) is 0.0833. The van der Waals surface area contributed by atoms with Crippen LogP contribution in [0.15, 0.2) is 77.7 Å². The monoisotopic (exact) mass is 475 g/mol. The number of nitrogens with one attached hydrogen (secondary N) is 1. The Kier molecular flexibility index (Phi) is 6.58. The van der Waals surface area contributed by atoms with Crippen LogP contribution in [0.2, 0.25) is 0 Å². The molecule has 0 atom stereocenters. The number of nitro groups is 1. The molecule has 2 aromatic carbocycles. The Morgan fingerprint density at radius 1 is 1.14 bits per heavy atom. The van der Waals surface area contributed by atoms with Crippen LogP contribution in [0.1, 0.15) is 21.7 Å². The molecule has 10 nitrogen and oxygen atoms in total. The first-order chi connectivity index (χ1) is 16.8. The van der Waals surface area contributed by atoms with E-state index in [1.54, 1.807) is 25.1 Å². The lowest BCUT2D eigenvalue weighted by molar-refractivity contribution is -0.384. The Hall–Kier alpha value is -4.93. The number of hydrogen-bond acceptors (Lipinski definition) is 7. The zero-order valence-corrected chi connectivity index (χ0v) is 18.3. The van der Waals surface area contributed by atoms with Crippen molar-refractivity contribution < 1.29 is 18.8 Å². The maximum Gasteiger partial charge on any atom is 0.294 e. The highest BCUT2D eigenvalue weighted by molar-refractivity contribution is 5.92. The summed E-state index contributed by atoms with van der Waals surface area (Å²) < 4.78 is 19.7. The Morgan fingerprint density at radius 3 is 2.57 bits per heavy atom. The van der Waals surface area contributed by atoms with Crippen molar-refractivity contribution >= 4 is 11.6 Å². The van der Waals surface area contributed by atoms with Gasteiger partial charge in [0, 0.05) is 36.6 Å². The molecule has 11 heteroatoms. The number of halogens is 1. The number of ether oxygens (including phenoxy) is 1. The lowest BCUT2D eigenvalue weighted by Gasteiger charge is -2.11. The van der Waals surface area contributed by atoms with E-state index < -0.39 is 22.0 Å². The highest BCUT2D eigenvalue weighted by atomic mass is 19.1. The van der Waals surface area contributed by atoms with Gasteiger partial charge in [0.25, 0.3) is 11.6 Å². The Labute approximate surface area is 197 Å². The van der Waals surface area contributed by atoms with Gasteiger partial charge < -0.3 is 10.1 Å². The van der Waals surface area contributed by atoms with Gasteiger partial charge in [-0.25, -0.2) is 14.1 Å². The SMILES string of the molecule is Cc1cc(=O)c(C(=O)NCc2ccc(Oc3ccc(F)cc3)nc2)nn1-c1ccccc1[N+](=O)[O-]. The second-order valence-corrected chi connectivity index (χ2v) is 7.40. The molecule has 0 aliphatic heterocycles. The van der Waals surface area contributed by atoms with Gasteiger partial charge in [-0.15, -0.1) is 0 Å². The van der Waals surface area contributed by atoms with Crippen molar-refractivity contribution in [3.05, 3.63) is 116 Å². The zero-order valence-electron chi connectivity index (χ0n) is 18.3. The van der Waals surface area contributed by atoms with Crippen LogP contribution >= 0.6 is 0 Å². The van der Waals surface area contributed by atoms with Gasteiger partial charge in [-0.2, -0.15) is 5.10 Å². The van der Waals surface area contributed by atoms with E-state index in [1.807, 2.05) is 0 Å². The third kappa shape index (κ3) is 5.36. The molecule has 0 spiro atoms. The third-order valence-electron chi connectivity index (χ3n) is 4.92. The van der Waals surface area contributed by atoms with E-state index in [1.165, 1.54) is 59.4 Å². The van der Waals surface area contributed by atoms with E-state index in [4.69, 9.17) is 4.74 Å². The number of aryl methyl sites for hydroxylation is 1. The summed E-state index contributed by atoms with van der Waals surface area (Å²) in [5.41, 5.74) is -0.149. The first kappa shape index (κ1) is 23.2. The number of rotatable bonds is 7. The molecule has 2 aromatic heterocycles. The third-order valence-corrected chi connectivity index (χ3v) is 4.92. The maximum atomic E-state index is 13.0. The first-order valence-electron chi connectivity index (χ1n) is 10.3. The fourth-order valence-corrected chi connectivity index (χ4v) is 3.21. The van der Waals surface area contributed by atoms with Crippen molar-refractivity contribution in [1.29, 1.82) is 0 Å². The number of nitrogens with zero attached hydrogens (tertiary/aromatic N) is 4.